The SMILES string of the molecule is Cc1ccsc1CNCc1ccc(N)c(F)c1. The summed E-state index contributed by atoms with van der Waals surface area (Å²) in [5.74, 6) is -0.350. The third kappa shape index (κ3) is 3.05. The van der Waals surface area contributed by atoms with Crippen LogP contribution in [-0.4, -0.2) is 0 Å². The van der Waals surface area contributed by atoms with Gasteiger partial charge in [-0.1, -0.05) is 6.07 Å². The van der Waals surface area contributed by atoms with Crippen LogP contribution in [0.3, 0.4) is 0 Å². The standard InChI is InChI=1S/C13H15FN2S/c1-9-4-5-17-13(9)8-16-7-10-2-3-12(15)11(14)6-10/h2-6,16H,7-8,15H2,1H3. The van der Waals surface area contributed by atoms with Crippen LogP contribution < -0.4 is 11.1 Å². The summed E-state index contributed by atoms with van der Waals surface area (Å²) in [6.07, 6.45) is 0. The molecule has 0 spiro atoms. The van der Waals surface area contributed by atoms with Crippen molar-refractivity contribution in [3.63, 3.8) is 0 Å². The zero-order valence-electron chi connectivity index (χ0n) is 9.66. The van der Waals surface area contributed by atoms with Gasteiger partial charge in [-0.3, -0.25) is 0 Å². The summed E-state index contributed by atoms with van der Waals surface area (Å²) in [7, 11) is 0. The fraction of sp³-hybridized carbons (Fsp3) is 0.231. The molecule has 1 aromatic heterocycles. The van der Waals surface area contributed by atoms with E-state index in [0.29, 0.717) is 6.54 Å². The van der Waals surface area contributed by atoms with E-state index < -0.39 is 0 Å². The Kier molecular flexibility index (Phi) is 3.76. The van der Waals surface area contributed by atoms with Gasteiger partial charge in [0.2, 0.25) is 0 Å². The van der Waals surface area contributed by atoms with Crippen LogP contribution >= 0.6 is 11.3 Å². The second-order valence-corrected chi connectivity index (χ2v) is 4.99. The highest BCUT2D eigenvalue weighted by molar-refractivity contribution is 7.10. The van der Waals surface area contributed by atoms with E-state index >= 15 is 0 Å². The van der Waals surface area contributed by atoms with Gasteiger partial charge < -0.3 is 11.1 Å². The first-order valence-electron chi connectivity index (χ1n) is 5.44. The van der Waals surface area contributed by atoms with Gasteiger partial charge in [-0.15, -0.1) is 11.3 Å². The number of halogens is 1. The molecule has 0 atom stereocenters. The molecule has 90 valence electrons. The Morgan fingerprint density at radius 1 is 1.29 bits per heavy atom. The Balaban J connectivity index is 1.90. The molecule has 1 heterocycles. The number of anilines is 1. The number of benzene rings is 1. The molecule has 0 radical (unpaired) electrons. The number of rotatable bonds is 4. The van der Waals surface area contributed by atoms with Crippen molar-refractivity contribution >= 4 is 17.0 Å². The molecule has 2 aromatic rings. The van der Waals surface area contributed by atoms with E-state index in [-0.39, 0.29) is 11.5 Å². The summed E-state index contributed by atoms with van der Waals surface area (Å²) in [6, 6.07) is 7.02. The van der Waals surface area contributed by atoms with Gasteiger partial charge in [0.15, 0.2) is 0 Å². The molecular weight excluding hydrogens is 235 g/mol. The summed E-state index contributed by atoms with van der Waals surface area (Å²) in [6.45, 7) is 3.56. The predicted molar refractivity (Wildman–Crippen MR) is 70.4 cm³/mol. The van der Waals surface area contributed by atoms with Gasteiger partial charge in [0, 0.05) is 18.0 Å². The third-order valence-corrected chi connectivity index (χ3v) is 3.67. The van der Waals surface area contributed by atoms with E-state index in [1.165, 1.54) is 16.5 Å². The van der Waals surface area contributed by atoms with Crippen molar-refractivity contribution < 1.29 is 4.39 Å². The molecule has 0 saturated heterocycles. The van der Waals surface area contributed by atoms with Crippen molar-refractivity contribution in [2.75, 3.05) is 5.73 Å². The fourth-order valence-electron chi connectivity index (χ4n) is 1.59. The zero-order valence-corrected chi connectivity index (χ0v) is 10.5. The number of nitrogen functional groups attached to an aromatic ring is 1. The van der Waals surface area contributed by atoms with Crippen LogP contribution in [-0.2, 0) is 13.1 Å². The molecule has 2 nitrogen and oxygen atoms in total. The number of aryl methyl sites for hydroxylation is 1. The van der Waals surface area contributed by atoms with Crippen molar-refractivity contribution in [3.8, 4) is 0 Å². The van der Waals surface area contributed by atoms with Crippen molar-refractivity contribution in [1.29, 1.82) is 0 Å². The molecule has 1 aromatic carbocycles. The highest BCUT2D eigenvalue weighted by Gasteiger charge is 2.01. The van der Waals surface area contributed by atoms with Crippen molar-refractivity contribution in [2.24, 2.45) is 0 Å². The topological polar surface area (TPSA) is 38.0 Å². The quantitative estimate of drug-likeness (QED) is 0.818. The minimum atomic E-state index is -0.350. The second kappa shape index (κ2) is 5.29. The molecule has 2 rings (SSSR count). The molecule has 0 aliphatic carbocycles. The van der Waals surface area contributed by atoms with E-state index in [2.05, 4.69) is 23.7 Å². The highest BCUT2D eigenvalue weighted by Crippen LogP contribution is 2.15. The Bertz CT molecular complexity index is 508. The van der Waals surface area contributed by atoms with Crippen molar-refractivity contribution in [3.05, 3.63) is 51.5 Å². The van der Waals surface area contributed by atoms with Crippen molar-refractivity contribution in [1.82, 2.24) is 5.32 Å². The minimum absolute atomic E-state index is 0.197. The lowest BCUT2D eigenvalue weighted by Gasteiger charge is -2.05. The van der Waals surface area contributed by atoms with Crippen LogP contribution in [0.1, 0.15) is 16.0 Å². The maximum absolute atomic E-state index is 13.2. The Morgan fingerprint density at radius 2 is 2.12 bits per heavy atom. The predicted octanol–water partition coefficient (Wildman–Crippen LogP) is 3.07. The van der Waals surface area contributed by atoms with Crippen LogP contribution in [0.15, 0.2) is 29.6 Å². The van der Waals surface area contributed by atoms with Gasteiger partial charge in [0.1, 0.15) is 5.82 Å². The van der Waals surface area contributed by atoms with E-state index in [4.69, 9.17) is 5.73 Å². The lowest BCUT2D eigenvalue weighted by Crippen LogP contribution is -2.12. The summed E-state index contributed by atoms with van der Waals surface area (Å²) >= 11 is 1.73. The second-order valence-electron chi connectivity index (χ2n) is 3.99. The minimum Gasteiger partial charge on any atom is -0.396 e. The molecule has 17 heavy (non-hydrogen) atoms. The van der Waals surface area contributed by atoms with Gasteiger partial charge >= 0.3 is 0 Å². The molecule has 0 saturated carbocycles. The number of thiophene rings is 1. The lowest BCUT2D eigenvalue weighted by molar-refractivity contribution is 0.625. The molecule has 4 heteroatoms. The van der Waals surface area contributed by atoms with E-state index in [1.54, 1.807) is 17.4 Å². The smallest absolute Gasteiger partial charge is 0.146 e. The zero-order chi connectivity index (χ0) is 12.3. The Morgan fingerprint density at radius 3 is 2.76 bits per heavy atom. The molecule has 0 aliphatic heterocycles. The Hall–Kier alpha value is -1.39. The molecular formula is C13H15FN2S. The fourth-order valence-corrected chi connectivity index (χ4v) is 2.46. The number of nitrogens with two attached hydrogens (primary N) is 1. The normalized spacial score (nSPS) is 10.7. The van der Waals surface area contributed by atoms with Crippen LogP contribution in [0.25, 0.3) is 0 Å². The molecule has 0 unspecified atom stereocenters. The van der Waals surface area contributed by atoms with Crippen LogP contribution in [0, 0.1) is 12.7 Å². The van der Waals surface area contributed by atoms with Crippen molar-refractivity contribution in [2.45, 2.75) is 20.0 Å². The number of nitrogens with one attached hydrogen (secondary N) is 1. The number of hydrogen-bond acceptors (Lipinski definition) is 3. The maximum atomic E-state index is 13.2. The molecule has 3 N–H and O–H groups in total. The Labute approximate surface area is 104 Å². The molecule has 0 aliphatic rings. The van der Waals surface area contributed by atoms with Gasteiger partial charge in [0.25, 0.3) is 0 Å². The van der Waals surface area contributed by atoms with Gasteiger partial charge in [-0.25, -0.2) is 4.39 Å². The number of hydrogen-bond donors (Lipinski definition) is 2. The summed E-state index contributed by atoms with van der Waals surface area (Å²) < 4.78 is 13.2. The average molecular weight is 250 g/mol. The van der Waals surface area contributed by atoms with E-state index in [9.17, 15) is 4.39 Å². The molecule has 0 fully saturated rings. The summed E-state index contributed by atoms with van der Waals surface area (Å²) in [5.41, 5.74) is 7.82. The largest absolute Gasteiger partial charge is 0.396 e. The lowest BCUT2D eigenvalue weighted by atomic mass is 10.2. The van der Waals surface area contributed by atoms with Crippen LogP contribution in [0.5, 0.6) is 0 Å². The molecule has 0 bridgehead atoms. The first-order chi connectivity index (χ1) is 8.16. The van der Waals surface area contributed by atoms with Crippen LogP contribution in [0.4, 0.5) is 10.1 Å². The highest BCUT2D eigenvalue weighted by atomic mass is 32.1. The monoisotopic (exact) mass is 250 g/mol. The first kappa shape index (κ1) is 12.1. The van der Waals surface area contributed by atoms with Crippen LogP contribution in [0.2, 0.25) is 0 Å². The average Bonchev–Trinajstić information content (AvgIpc) is 2.70. The van der Waals surface area contributed by atoms with Gasteiger partial charge in [-0.05, 0) is 41.6 Å². The third-order valence-electron chi connectivity index (χ3n) is 2.65. The van der Waals surface area contributed by atoms with Gasteiger partial charge in [-0.2, -0.15) is 0 Å². The van der Waals surface area contributed by atoms with Gasteiger partial charge in [0.05, 0.1) is 5.69 Å². The maximum Gasteiger partial charge on any atom is 0.146 e. The first-order valence-corrected chi connectivity index (χ1v) is 6.32. The van der Waals surface area contributed by atoms with E-state index in [1.807, 2.05) is 6.07 Å². The molecule has 0 amide bonds. The van der Waals surface area contributed by atoms with E-state index in [0.717, 1.165) is 12.1 Å². The summed E-state index contributed by atoms with van der Waals surface area (Å²) in [5, 5.41) is 5.37. The summed E-state index contributed by atoms with van der Waals surface area (Å²) in [4.78, 5) is 1.32.